The monoisotopic (exact) mass is 515 g/mol. The van der Waals surface area contributed by atoms with Crippen molar-refractivity contribution in [3.05, 3.63) is 35.9 Å². The molecule has 0 spiro atoms. The number of nitrogens with zero attached hydrogens (tertiary/aromatic N) is 2. The zero-order valence-electron chi connectivity index (χ0n) is 22.2. The standard InChI is InChI=1S/C27H45N7O3/c1-2-3-4-5-9-18-34(23(24(28)35)15-11-17-32-27(29)30)26(37)22(19-20-12-7-6-8-13-20)33-25(36)21-14-10-16-31-21/h6-8,12-13,21-23,31H,2-5,9-11,14-19H2,1H3,(H2,28,35)(H,33,36)(H4,29,30,32)/t21-,22+,23+/m1/s1. The van der Waals surface area contributed by atoms with Crippen LogP contribution in [0.15, 0.2) is 35.3 Å². The number of primary amides is 1. The van der Waals surface area contributed by atoms with Crippen LogP contribution in [0, 0.1) is 0 Å². The van der Waals surface area contributed by atoms with Crippen LogP contribution >= 0.6 is 0 Å². The molecule has 206 valence electrons. The van der Waals surface area contributed by atoms with E-state index in [4.69, 9.17) is 17.2 Å². The molecule has 3 atom stereocenters. The highest BCUT2D eigenvalue weighted by molar-refractivity contribution is 5.93. The highest BCUT2D eigenvalue weighted by Gasteiger charge is 2.34. The van der Waals surface area contributed by atoms with Crippen molar-refractivity contribution < 1.29 is 14.4 Å². The molecule has 3 amide bonds. The first-order valence-corrected chi connectivity index (χ1v) is 13.6. The van der Waals surface area contributed by atoms with Crippen LogP contribution in [0.25, 0.3) is 0 Å². The van der Waals surface area contributed by atoms with Gasteiger partial charge in [-0.15, -0.1) is 0 Å². The van der Waals surface area contributed by atoms with E-state index in [2.05, 4.69) is 22.5 Å². The second-order valence-corrected chi connectivity index (χ2v) is 9.71. The number of hydrogen-bond donors (Lipinski definition) is 5. The smallest absolute Gasteiger partial charge is 0.246 e. The maximum Gasteiger partial charge on any atom is 0.246 e. The number of aliphatic imine (C=N–C) groups is 1. The van der Waals surface area contributed by atoms with Gasteiger partial charge in [0, 0.05) is 19.5 Å². The van der Waals surface area contributed by atoms with Gasteiger partial charge in [-0.05, 0) is 44.2 Å². The first-order valence-electron chi connectivity index (χ1n) is 13.6. The molecule has 0 aromatic heterocycles. The SMILES string of the molecule is CCCCCCCN(C(=O)[C@H](Cc1ccccc1)NC(=O)[C@H]1CCCN1)[C@@H](CCCN=C(N)N)C(N)=O. The van der Waals surface area contributed by atoms with Gasteiger partial charge in [-0.25, -0.2) is 0 Å². The van der Waals surface area contributed by atoms with Gasteiger partial charge >= 0.3 is 0 Å². The molecule has 1 fully saturated rings. The fraction of sp³-hybridized carbons (Fsp3) is 0.630. The Balaban J connectivity index is 2.26. The predicted molar refractivity (Wildman–Crippen MR) is 146 cm³/mol. The Bertz CT molecular complexity index is 868. The normalized spacial score (nSPS) is 16.5. The molecule has 1 aliphatic rings. The quantitative estimate of drug-likeness (QED) is 0.118. The minimum absolute atomic E-state index is 0.0226. The van der Waals surface area contributed by atoms with Crippen LogP contribution < -0.4 is 27.8 Å². The van der Waals surface area contributed by atoms with E-state index in [9.17, 15) is 14.4 Å². The van der Waals surface area contributed by atoms with E-state index >= 15 is 0 Å². The summed E-state index contributed by atoms with van der Waals surface area (Å²) < 4.78 is 0. The van der Waals surface area contributed by atoms with Gasteiger partial charge in [0.1, 0.15) is 12.1 Å². The number of benzene rings is 1. The Morgan fingerprint density at radius 2 is 1.81 bits per heavy atom. The van der Waals surface area contributed by atoms with Crippen molar-refractivity contribution in [2.75, 3.05) is 19.6 Å². The lowest BCUT2D eigenvalue weighted by Gasteiger charge is -2.33. The number of carbonyl (C=O) groups is 3. The van der Waals surface area contributed by atoms with Crippen LogP contribution in [0.2, 0.25) is 0 Å². The number of nitrogens with one attached hydrogen (secondary N) is 2. The van der Waals surface area contributed by atoms with Gasteiger partial charge in [-0.2, -0.15) is 0 Å². The Morgan fingerprint density at radius 3 is 2.43 bits per heavy atom. The van der Waals surface area contributed by atoms with E-state index in [1.165, 1.54) is 0 Å². The average molecular weight is 516 g/mol. The van der Waals surface area contributed by atoms with Crippen LogP contribution in [0.1, 0.15) is 70.3 Å². The molecule has 0 saturated carbocycles. The van der Waals surface area contributed by atoms with Gasteiger partial charge < -0.3 is 32.7 Å². The molecule has 1 saturated heterocycles. The second kappa shape index (κ2) is 16.6. The third-order valence-corrected chi connectivity index (χ3v) is 6.69. The summed E-state index contributed by atoms with van der Waals surface area (Å²) in [6.45, 7) is 3.65. The topological polar surface area (TPSA) is 169 Å². The number of guanidine groups is 1. The molecular weight excluding hydrogens is 470 g/mol. The number of amides is 3. The molecule has 0 unspecified atom stereocenters. The summed E-state index contributed by atoms with van der Waals surface area (Å²) in [5, 5.41) is 6.16. The molecule has 1 aromatic rings. The van der Waals surface area contributed by atoms with Gasteiger partial charge in [0.05, 0.1) is 6.04 Å². The van der Waals surface area contributed by atoms with Gasteiger partial charge in [-0.1, -0.05) is 62.9 Å². The van der Waals surface area contributed by atoms with E-state index in [1.54, 1.807) is 4.90 Å². The fourth-order valence-corrected chi connectivity index (χ4v) is 4.68. The summed E-state index contributed by atoms with van der Waals surface area (Å²) >= 11 is 0. The highest BCUT2D eigenvalue weighted by Crippen LogP contribution is 2.16. The van der Waals surface area contributed by atoms with Crippen molar-refractivity contribution >= 4 is 23.7 Å². The van der Waals surface area contributed by atoms with Gasteiger partial charge in [-0.3, -0.25) is 19.4 Å². The lowest BCUT2D eigenvalue weighted by atomic mass is 10.0. The summed E-state index contributed by atoms with van der Waals surface area (Å²) in [6, 6.07) is 7.62. The first-order chi connectivity index (χ1) is 17.8. The van der Waals surface area contributed by atoms with Crippen LogP contribution in [-0.4, -0.2) is 66.3 Å². The lowest BCUT2D eigenvalue weighted by molar-refractivity contribution is -0.143. The van der Waals surface area contributed by atoms with Gasteiger partial charge in [0.2, 0.25) is 17.7 Å². The minimum Gasteiger partial charge on any atom is -0.370 e. The van der Waals surface area contributed by atoms with Gasteiger partial charge in [0.15, 0.2) is 5.96 Å². The van der Waals surface area contributed by atoms with Crippen LogP contribution in [0.4, 0.5) is 0 Å². The van der Waals surface area contributed by atoms with E-state index in [1.807, 2.05) is 30.3 Å². The van der Waals surface area contributed by atoms with Gasteiger partial charge in [0.25, 0.3) is 0 Å². The lowest BCUT2D eigenvalue weighted by Crippen LogP contribution is -2.57. The largest absolute Gasteiger partial charge is 0.370 e. The molecule has 37 heavy (non-hydrogen) atoms. The predicted octanol–water partition coefficient (Wildman–Crippen LogP) is 1.17. The average Bonchev–Trinajstić information content (AvgIpc) is 3.42. The van der Waals surface area contributed by atoms with Crippen molar-refractivity contribution in [2.45, 2.75) is 89.3 Å². The summed E-state index contributed by atoms with van der Waals surface area (Å²) in [6.07, 6.45) is 7.78. The number of carbonyl (C=O) groups excluding carboxylic acids is 3. The van der Waals surface area contributed by atoms with E-state index < -0.39 is 18.0 Å². The summed E-state index contributed by atoms with van der Waals surface area (Å²) in [4.78, 5) is 45.1. The number of nitrogens with two attached hydrogens (primary N) is 3. The molecular formula is C27H45N7O3. The number of rotatable bonds is 17. The van der Waals surface area contributed by atoms with Crippen LogP contribution in [0.3, 0.4) is 0 Å². The summed E-state index contributed by atoms with van der Waals surface area (Å²) in [5.74, 6) is -1.09. The van der Waals surface area contributed by atoms with Crippen molar-refractivity contribution in [1.82, 2.24) is 15.5 Å². The van der Waals surface area contributed by atoms with Crippen molar-refractivity contribution in [2.24, 2.45) is 22.2 Å². The molecule has 8 N–H and O–H groups in total. The molecule has 10 heteroatoms. The van der Waals surface area contributed by atoms with Crippen molar-refractivity contribution in [3.63, 3.8) is 0 Å². The Morgan fingerprint density at radius 1 is 1.08 bits per heavy atom. The molecule has 1 aliphatic heterocycles. The van der Waals surface area contributed by atoms with E-state index in [-0.39, 0.29) is 23.8 Å². The molecule has 0 aliphatic carbocycles. The third kappa shape index (κ3) is 10.8. The second-order valence-electron chi connectivity index (χ2n) is 9.71. The number of hydrogen-bond acceptors (Lipinski definition) is 5. The minimum atomic E-state index is -0.813. The maximum absolute atomic E-state index is 14.0. The molecule has 0 radical (unpaired) electrons. The van der Waals surface area contributed by atoms with Crippen molar-refractivity contribution in [3.8, 4) is 0 Å². The van der Waals surface area contributed by atoms with Crippen LogP contribution in [0.5, 0.6) is 0 Å². The van der Waals surface area contributed by atoms with Crippen LogP contribution in [-0.2, 0) is 20.8 Å². The third-order valence-electron chi connectivity index (χ3n) is 6.69. The molecule has 1 aromatic carbocycles. The zero-order chi connectivity index (χ0) is 27.0. The highest BCUT2D eigenvalue weighted by atomic mass is 16.2. The first kappa shape index (κ1) is 30.1. The van der Waals surface area contributed by atoms with E-state index in [0.717, 1.165) is 57.1 Å². The molecule has 2 rings (SSSR count). The Hall–Kier alpha value is -3.14. The van der Waals surface area contributed by atoms with E-state index in [0.29, 0.717) is 32.4 Å². The fourth-order valence-electron chi connectivity index (χ4n) is 4.68. The Labute approximate surface area is 220 Å². The Kier molecular flexibility index (Phi) is 13.5. The summed E-state index contributed by atoms with van der Waals surface area (Å²) in [5.41, 5.74) is 17.6. The molecule has 0 bridgehead atoms. The summed E-state index contributed by atoms with van der Waals surface area (Å²) in [7, 11) is 0. The van der Waals surface area contributed by atoms with Crippen molar-refractivity contribution in [1.29, 1.82) is 0 Å². The zero-order valence-corrected chi connectivity index (χ0v) is 22.2. The number of unbranched alkanes of at least 4 members (excludes halogenated alkanes) is 4. The molecule has 10 nitrogen and oxygen atoms in total. The molecule has 1 heterocycles. The maximum atomic E-state index is 14.0.